The monoisotopic (exact) mass is 331 g/mol. The fourth-order valence-corrected chi connectivity index (χ4v) is 2.15. The molecule has 1 aliphatic carbocycles. The molecule has 1 fully saturated rings. The van der Waals surface area contributed by atoms with Gasteiger partial charge in [-0.25, -0.2) is 4.79 Å². The molecule has 1 amide bonds. The van der Waals surface area contributed by atoms with Gasteiger partial charge in [0.05, 0.1) is 10.0 Å². The van der Waals surface area contributed by atoms with Gasteiger partial charge >= 0.3 is 5.97 Å². The van der Waals surface area contributed by atoms with Crippen LogP contribution in [0.1, 0.15) is 19.3 Å². The van der Waals surface area contributed by atoms with Gasteiger partial charge in [-0.05, 0) is 24.5 Å². The molecule has 0 heterocycles. The Kier molecular flexibility index (Phi) is 5.31. The molecule has 2 N–H and O–H groups in total. The van der Waals surface area contributed by atoms with Crippen molar-refractivity contribution in [2.45, 2.75) is 25.3 Å². The van der Waals surface area contributed by atoms with E-state index in [-0.39, 0.29) is 6.61 Å². The maximum Gasteiger partial charge on any atom is 0.326 e. The van der Waals surface area contributed by atoms with E-state index in [1.165, 1.54) is 6.07 Å². The topological polar surface area (TPSA) is 75.6 Å². The van der Waals surface area contributed by atoms with E-state index in [0.717, 1.165) is 12.8 Å². The summed E-state index contributed by atoms with van der Waals surface area (Å²) < 4.78 is 5.26. The number of rotatable bonds is 7. The van der Waals surface area contributed by atoms with Crippen molar-refractivity contribution in [2.24, 2.45) is 5.92 Å². The Morgan fingerprint density at radius 1 is 1.33 bits per heavy atom. The van der Waals surface area contributed by atoms with Crippen molar-refractivity contribution >= 4 is 35.1 Å². The van der Waals surface area contributed by atoms with Crippen molar-refractivity contribution < 1.29 is 19.4 Å². The lowest BCUT2D eigenvalue weighted by atomic mass is 10.1. The molecule has 0 aromatic heterocycles. The summed E-state index contributed by atoms with van der Waals surface area (Å²) in [6, 6.07) is 3.78. The number of nitrogens with one attached hydrogen (secondary N) is 1. The molecule has 114 valence electrons. The Morgan fingerprint density at radius 2 is 2.05 bits per heavy atom. The highest BCUT2D eigenvalue weighted by molar-refractivity contribution is 6.42. The predicted molar refractivity (Wildman–Crippen MR) is 78.9 cm³/mol. The number of hydrogen-bond donors (Lipinski definition) is 2. The highest BCUT2D eigenvalue weighted by atomic mass is 35.5. The van der Waals surface area contributed by atoms with Gasteiger partial charge in [-0.1, -0.05) is 36.0 Å². The van der Waals surface area contributed by atoms with E-state index in [1.807, 2.05) is 0 Å². The highest BCUT2D eigenvalue weighted by Gasteiger charge is 2.30. The summed E-state index contributed by atoms with van der Waals surface area (Å²) in [7, 11) is 0. The smallest absolute Gasteiger partial charge is 0.326 e. The predicted octanol–water partition coefficient (Wildman–Crippen LogP) is 2.74. The first-order valence-electron chi connectivity index (χ1n) is 6.55. The van der Waals surface area contributed by atoms with Crippen molar-refractivity contribution in [3.63, 3.8) is 0 Å². The van der Waals surface area contributed by atoms with E-state index in [1.54, 1.807) is 12.1 Å². The Labute approximate surface area is 132 Å². The molecule has 0 saturated heterocycles. The van der Waals surface area contributed by atoms with E-state index in [2.05, 4.69) is 5.32 Å². The lowest BCUT2D eigenvalue weighted by Crippen LogP contribution is -2.43. The SMILES string of the molecule is O=C(COc1ccc(Cl)c(Cl)c1)NC(CC1CC1)C(=O)O. The van der Waals surface area contributed by atoms with Crippen LogP contribution >= 0.6 is 23.2 Å². The maximum atomic E-state index is 11.7. The molecule has 21 heavy (non-hydrogen) atoms. The quantitative estimate of drug-likeness (QED) is 0.805. The van der Waals surface area contributed by atoms with Crippen molar-refractivity contribution in [3.8, 4) is 5.75 Å². The molecule has 0 radical (unpaired) electrons. The second kappa shape index (κ2) is 7.00. The van der Waals surface area contributed by atoms with Crippen LogP contribution in [0.3, 0.4) is 0 Å². The molecule has 5 nitrogen and oxygen atoms in total. The Hall–Kier alpha value is -1.46. The van der Waals surface area contributed by atoms with Crippen LogP contribution in [0.4, 0.5) is 0 Å². The second-order valence-corrected chi connectivity index (χ2v) is 5.82. The number of carboxylic acids is 1. The standard InChI is InChI=1S/C14H15Cl2NO4/c15-10-4-3-9(6-11(10)16)21-7-13(18)17-12(14(19)20)5-8-1-2-8/h3-4,6,8,12H,1-2,5,7H2,(H,17,18)(H,19,20). The Morgan fingerprint density at radius 3 is 2.62 bits per heavy atom. The van der Waals surface area contributed by atoms with E-state index < -0.39 is 17.9 Å². The van der Waals surface area contributed by atoms with Gasteiger partial charge in [0.1, 0.15) is 11.8 Å². The third-order valence-electron chi connectivity index (χ3n) is 3.16. The van der Waals surface area contributed by atoms with Gasteiger partial charge in [0.15, 0.2) is 6.61 Å². The van der Waals surface area contributed by atoms with Crippen molar-refractivity contribution in [2.75, 3.05) is 6.61 Å². The summed E-state index contributed by atoms with van der Waals surface area (Å²) in [6.45, 7) is -0.271. The zero-order valence-corrected chi connectivity index (χ0v) is 12.7. The van der Waals surface area contributed by atoms with Gasteiger partial charge in [0.25, 0.3) is 5.91 Å². The number of hydrogen-bond acceptors (Lipinski definition) is 3. The Balaban J connectivity index is 1.82. The van der Waals surface area contributed by atoms with Gasteiger partial charge in [0.2, 0.25) is 0 Å². The van der Waals surface area contributed by atoms with Crippen LogP contribution in [-0.2, 0) is 9.59 Å². The molecular formula is C14H15Cl2NO4. The zero-order valence-electron chi connectivity index (χ0n) is 11.1. The van der Waals surface area contributed by atoms with E-state index in [9.17, 15) is 9.59 Å². The molecule has 0 aliphatic heterocycles. The molecule has 1 aliphatic rings. The molecule has 7 heteroatoms. The van der Waals surface area contributed by atoms with E-state index >= 15 is 0 Å². The number of benzene rings is 1. The van der Waals surface area contributed by atoms with E-state index in [4.69, 9.17) is 33.0 Å². The Bertz CT molecular complexity index is 546. The average molecular weight is 332 g/mol. The first-order chi connectivity index (χ1) is 9.95. The first kappa shape index (κ1) is 15.9. The number of carboxylic acid groups (broad SMARTS) is 1. The summed E-state index contributed by atoms with van der Waals surface area (Å²) in [5.41, 5.74) is 0. The van der Waals surface area contributed by atoms with Crippen molar-refractivity contribution in [1.29, 1.82) is 0 Å². The van der Waals surface area contributed by atoms with Crippen LogP contribution in [-0.4, -0.2) is 29.6 Å². The number of amides is 1. The molecule has 1 unspecified atom stereocenters. The summed E-state index contributed by atoms with van der Waals surface area (Å²) in [5, 5.41) is 12.2. The lowest BCUT2D eigenvalue weighted by molar-refractivity contribution is -0.142. The summed E-state index contributed by atoms with van der Waals surface area (Å²) in [6.07, 6.45) is 2.52. The third kappa shape index (κ3) is 5.10. The van der Waals surface area contributed by atoms with Crippen LogP contribution in [0.2, 0.25) is 10.0 Å². The maximum absolute atomic E-state index is 11.7. The second-order valence-electron chi connectivity index (χ2n) is 5.00. The van der Waals surface area contributed by atoms with Crippen LogP contribution < -0.4 is 10.1 Å². The molecule has 2 rings (SSSR count). The van der Waals surface area contributed by atoms with E-state index in [0.29, 0.717) is 28.1 Å². The number of carbonyl (C=O) groups is 2. The van der Waals surface area contributed by atoms with Crippen LogP contribution in [0.15, 0.2) is 18.2 Å². The van der Waals surface area contributed by atoms with Crippen LogP contribution in [0.25, 0.3) is 0 Å². The molecular weight excluding hydrogens is 317 g/mol. The molecule has 0 bridgehead atoms. The highest BCUT2D eigenvalue weighted by Crippen LogP contribution is 2.33. The van der Waals surface area contributed by atoms with Gasteiger partial charge in [0, 0.05) is 6.07 Å². The third-order valence-corrected chi connectivity index (χ3v) is 3.90. The van der Waals surface area contributed by atoms with Crippen LogP contribution in [0, 0.1) is 5.92 Å². The van der Waals surface area contributed by atoms with Crippen molar-refractivity contribution in [1.82, 2.24) is 5.32 Å². The molecule has 1 atom stereocenters. The molecule has 1 aromatic rings. The zero-order chi connectivity index (χ0) is 15.4. The normalized spacial score (nSPS) is 15.3. The van der Waals surface area contributed by atoms with Gasteiger partial charge in [-0.15, -0.1) is 0 Å². The minimum atomic E-state index is -1.02. The number of aliphatic carboxylic acids is 1. The summed E-state index contributed by atoms with van der Waals surface area (Å²) in [4.78, 5) is 22.8. The molecule has 1 aromatic carbocycles. The average Bonchev–Trinajstić information content (AvgIpc) is 3.23. The summed E-state index contributed by atoms with van der Waals surface area (Å²) in [5.74, 6) is -0.699. The van der Waals surface area contributed by atoms with Gasteiger partial charge in [-0.3, -0.25) is 4.79 Å². The lowest BCUT2D eigenvalue weighted by Gasteiger charge is -2.14. The van der Waals surface area contributed by atoms with Crippen molar-refractivity contribution in [3.05, 3.63) is 28.2 Å². The minimum absolute atomic E-state index is 0.271. The van der Waals surface area contributed by atoms with Crippen LogP contribution in [0.5, 0.6) is 5.75 Å². The molecule has 1 saturated carbocycles. The minimum Gasteiger partial charge on any atom is -0.484 e. The van der Waals surface area contributed by atoms with Gasteiger partial charge < -0.3 is 15.2 Å². The number of ether oxygens (including phenoxy) is 1. The fourth-order valence-electron chi connectivity index (χ4n) is 1.86. The summed E-state index contributed by atoms with van der Waals surface area (Å²) >= 11 is 11.6. The first-order valence-corrected chi connectivity index (χ1v) is 7.31. The largest absolute Gasteiger partial charge is 0.484 e. The number of carbonyl (C=O) groups excluding carboxylic acids is 1. The van der Waals surface area contributed by atoms with Gasteiger partial charge in [-0.2, -0.15) is 0 Å². The number of halogens is 2. The molecule has 0 spiro atoms. The fraction of sp³-hybridized carbons (Fsp3) is 0.429.